The summed E-state index contributed by atoms with van der Waals surface area (Å²) in [5.41, 5.74) is 1.59. The molecule has 0 aliphatic rings. The van der Waals surface area contributed by atoms with Gasteiger partial charge in [-0.2, -0.15) is 0 Å². The minimum absolute atomic E-state index is 0.0274. The summed E-state index contributed by atoms with van der Waals surface area (Å²) in [6.45, 7) is 0. The third-order valence-electron chi connectivity index (χ3n) is 3.33. The fraction of sp³-hybridized carbons (Fsp3) is 0.0588. The van der Waals surface area contributed by atoms with Crippen LogP contribution in [0.4, 0.5) is 4.39 Å². The molecule has 0 saturated carbocycles. The topological polar surface area (TPSA) is 30.0 Å². The number of fused-ring (bicyclic) bond motifs is 1. The van der Waals surface area contributed by atoms with E-state index in [-0.39, 0.29) is 17.2 Å². The molecule has 0 radical (unpaired) electrons. The molecular formula is C17H11ClFNO. The van der Waals surface area contributed by atoms with E-state index in [4.69, 9.17) is 11.6 Å². The maximum atomic E-state index is 13.9. The molecule has 0 saturated heterocycles. The van der Waals surface area contributed by atoms with Crippen molar-refractivity contribution in [2.24, 2.45) is 0 Å². The zero-order valence-corrected chi connectivity index (χ0v) is 11.8. The van der Waals surface area contributed by atoms with Crippen LogP contribution in [0.3, 0.4) is 0 Å². The summed E-state index contributed by atoms with van der Waals surface area (Å²) in [6.07, 6.45) is 1.56. The third-order valence-corrected chi connectivity index (χ3v) is 3.62. The number of pyridine rings is 1. The molecule has 4 heteroatoms. The van der Waals surface area contributed by atoms with Crippen molar-refractivity contribution >= 4 is 28.3 Å². The molecule has 2 aromatic carbocycles. The highest BCUT2D eigenvalue weighted by Gasteiger charge is 2.14. The largest absolute Gasteiger partial charge is 0.294 e. The van der Waals surface area contributed by atoms with Crippen LogP contribution >= 0.6 is 11.6 Å². The van der Waals surface area contributed by atoms with E-state index in [9.17, 15) is 9.18 Å². The number of nitrogens with zero attached hydrogens (tertiary/aromatic N) is 1. The molecule has 0 aliphatic heterocycles. The van der Waals surface area contributed by atoms with Gasteiger partial charge in [0.15, 0.2) is 5.78 Å². The average Bonchev–Trinajstić information content (AvgIpc) is 2.51. The lowest BCUT2D eigenvalue weighted by atomic mass is 9.99. The van der Waals surface area contributed by atoms with Crippen molar-refractivity contribution in [1.29, 1.82) is 0 Å². The summed E-state index contributed by atoms with van der Waals surface area (Å²) < 4.78 is 13.9. The van der Waals surface area contributed by atoms with Gasteiger partial charge >= 0.3 is 0 Å². The Bertz CT molecular complexity index is 827. The van der Waals surface area contributed by atoms with E-state index in [1.165, 1.54) is 6.07 Å². The van der Waals surface area contributed by atoms with Gasteiger partial charge in [-0.3, -0.25) is 9.78 Å². The number of para-hydroxylation sites is 1. The van der Waals surface area contributed by atoms with Crippen LogP contribution in [-0.2, 0) is 6.42 Å². The summed E-state index contributed by atoms with van der Waals surface area (Å²) in [5, 5.41) is 0.798. The number of rotatable bonds is 3. The Kier molecular flexibility index (Phi) is 3.67. The number of hydrogen-bond donors (Lipinski definition) is 0. The lowest BCUT2D eigenvalue weighted by Crippen LogP contribution is -2.06. The molecule has 3 rings (SSSR count). The van der Waals surface area contributed by atoms with Crippen molar-refractivity contribution < 1.29 is 9.18 Å². The van der Waals surface area contributed by atoms with Gasteiger partial charge in [0.2, 0.25) is 0 Å². The second-order valence-corrected chi connectivity index (χ2v) is 5.10. The molecular weight excluding hydrogens is 289 g/mol. The second-order valence-electron chi connectivity index (χ2n) is 4.69. The fourth-order valence-electron chi connectivity index (χ4n) is 2.29. The fourth-order valence-corrected chi connectivity index (χ4v) is 2.49. The third kappa shape index (κ3) is 2.65. The van der Waals surface area contributed by atoms with E-state index < -0.39 is 5.82 Å². The van der Waals surface area contributed by atoms with Gasteiger partial charge in [-0.05, 0) is 23.8 Å². The maximum Gasteiger partial charge on any atom is 0.168 e. The van der Waals surface area contributed by atoms with Crippen LogP contribution in [0.2, 0.25) is 5.02 Å². The van der Waals surface area contributed by atoms with Gasteiger partial charge in [0.1, 0.15) is 5.82 Å². The number of carbonyl (C=O) groups excluding carboxylic acids is 1. The summed E-state index contributed by atoms with van der Waals surface area (Å²) in [4.78, 5) is 16.7. The molecule has 3 aromatic rings. The Morgan fingerprint density at radius 3 is 2.76 bits per heavy atom. The zero-order chi connectivity index (χ0) is 14.8. The molecule has 21 heavy (non-hydrogen) atoms. The Morgan fingerprint density at radius 1 is 1.10 bits per heavy atom. The monoisotopic (exact) mass is 299 g/mol. The number of carbonyl (C=O) groups is 1. The van der Waals surface area contributed by atoms with E-state index in [1.807, 2.05) is 24.3 Å². The van der Waals surface area contributed by atoms with E-state index in [1.54, 1.807) is 24.4 Å². The molecule has 1 aromatic heterocycles. The molecule has 0 spiro atoms. The van der Waals surface area contributed by atoms with Crippen LogP contribution in [0.1, 0.15) is 15.9 Å². The Hall–Kier alpha value is -2.26. The van der Waals surface area contributed by atoms with Crippen molar-refractivity contribution in [2.75, 3.05) is 0 Å². The normalized spacial score (nSPS) is 10.8. The van der Waals surface area contributed by atoms with Gasteiger partial charge in [0.05, 0.1) is 10.5 Å². The highest BCUT2D eigenvalue weighted by Crippen LogP contribution is 2.22. The number of Topliss-reactive ketones (excluding diaryl/α,β-unsaturated/α-hetero) is 1. The first-order valence-electron chi connectivity index (χ1n) is 6.46. The van der Waals surface area contributed by atoms with Crippen molar-refractivity contribution in [3.8, 4) is 0 Å². The predicted molar refractivity (Wildman–Crippen MR) is 81.2 cm³/mol. The van der Waals surface area contributed by atoms with Gasteiger partial charge in [0, 0.05) is 23.6 Å². The van der Waals surface area contributed by atoms with Crippen molar-refractivity contribution in [3.05, 3.63) is 76.7 Å². The van der Waals surface area contributed by atoms with E-state index in [2.05, 4.69) is 4.98 Å². The maximum absolute atomic E-state index is 13.9. The van der Waals surface area contributed by atoms with Gasteiger partial charge in [-0.15, -0.1) is 0 Å². The quantitative estimate of drug-likeness (QED) is 0.669. The van der Waals surface area contributed by atoms with E-state index in [0.29, 0.717) is 11.1 Å². The first kappa shape index (κ1) is 13.7. The first-order chi connectivity index (χ1) is 10.2. The van der Waals surface area contributed by atoms with Crippen LogP contribution in [0, 0.1) is 5.82 Å². The molecule has 2 nitrogen and oxygen atoms in total. The van der Waals surface area contributed by atoms with Crippen molar-refractivity contribution in [2.45, 2.75) is 6.42 Å². The number of benzene rings is 2. The highest BCUT2D eigenvalue weighted by molar-refractivity contribution is 6.30. The number of halogens is 2. The summed E-state index contributed by atoms with van der Waals surface area (Å²) in [6, 6.07) is 13.7. The van der Waals surface area contributed by atoms with Crippen molar-refractivity contribution in [1.82, 2.24) is 4.98 Å². The van der Waals surface area contributed by atoms with Crippen LogP contribution in [0.15, 0.2) is 54.7 Å². The molecule has 0 aliphatic carbocycles. The minimum atomic E-state index is -0.536. The Labute approximate surface area is 126 Å². The Balaban J connectivity index is 2.00. The lowest BCUT2D eigenvalue weighted by Gasteiger charge is -2.07. The van der Waals surface area contributed by atoms with Gasteiger partial charge < -0.3 is 0 Å². The molecule has 0 fully saturated rings. The summed E-state index contributed by atoms with van der Waals surface area (Å²) in [5.74, 6) is -0.694. The Morgan fingerprint density at radius 2 is 1.90 bits per heavy atom. The molecule has 104 valence electrons. The number of aromatic nitrogens is 1. The zero-order valence-electron chi connectivity index (χ0n) is 11.0. The minimum Gasteiger partial charge on any atom is -0.294 e. The van der Waals surface area contributed by atoms with E-state index in [0.717, 1.165) is 10.9 Å². The summed E-state index contributed by atoms with van der Waals surface area (Å²) >= 11 is 5.74. The van der Waals surface area contributed by atoms with E-state index >= 15 is 0 Å². The van der Waals surface area contributed by atoms with Crippen LogP contribution in [-0.4, -0.2) is 10.8 Å². The van der Waals surface area contributed by atoms with Gasteiger partial charge in [-0.1, -0.05) is 41.9 Å². The lowest BCUT2D eigenvalue weighted by molar-refractivity contribution is 0.0993. The number of hydrogen-bond acceptors (Lipinski definition) is 2. The summed E-state index contributed by atoms with van der Waals surface area (Å²) in [7, 11) is 0. The first-order valence-corrected chi connectivity index (χ1v) is 6.84. The van der Waals surface area contributed by atoms with Crippen molar-refractivity contribution in [3.63, 3.8) is 0 Å². The van der Waals surface area contributed by atoms with Crippen LogP contribution in [0.5, 0.6) is 0 Å². The average molecular weight is 300 g/mol. The molecule has 0 bridgehead atoms. The van der Waals surface area contributed by atoms with Crippen LogP contribution < -0.4 is 0 Å². The standard InChI is InChI=1S/C17H11ClFNO/c18-14-6-3-4-11(17(14)19)10-16(21)13-8-9-20-15-7-2-1-5-12(13)15/h1-9H,10H2. The van der Waals surface area contributed by atoms with Crippen LogP contribution in [0.25, 0.3) is 10.9 Å². The molecule has 0 atom stereocenters. The van der Waals surface area contributed by atoms with Gasteiger partial charge in [-0.25, -0.2) is 4.39 Å². The highest BCUT2D eigenvalue weighted by atomic mass is 35.5. The molecule has 1 heterocycles. The van der Waals surface area contributed by atoms with Gasteiger partial charge in [0.25, 0.3) is 0 Å². The molecule has 0 unspecified atom stereocenters. The number of ketones is 1. The smallest absolute Gasteiger partial charge is 0.168 e. The predicted octanol–water partition coefficient (Wildman–Crippen LogP) is 4.45. The molecule has 0 amide bonds. The molecule has 0 N–H and O–H groups in total. The SMILES string of the molecule is O=C(Cc1cccc(Cl)c1F)c1ccnc2ccccc12. The second kappa shape index (κ2) is 5.62.